The third kappa shape index (κ3) is 6.70. The van der Waals surface area contributed by atoms with Crippen molar-refractivity contribution in [2.45, 2.75) is 19.9 Å². The van der Waals surface area contributed by atoms with Crippen LogP contribution in [0.2, 0.25) is 5.02 Å². The SMILES string of the molecule is CC[NH+](CC(=O)NCCc1cccc(Cl)c1)Cc1ccc(N(C)C)cc1. The molecule has 0 fully saturated rings. The molecule has 2 N–H and O–H groups in total. The van der Waals surface area contributed by atoms with Gasteiger partial charge in [0.05, 0.1) is 6.54 Å². The molecule has 1 unspecified atom stereocenters. The second kappa shape index (κ2) is 10.2. The lowest BCUT2D eigenvalue weighted by Gasteiger charge is -2.18. The summed E-state index contributed by atoms with van der Waals surface area (Å²) in [5.74, 6) is 0.0915. The maximum Gasteiger partial charge on any atom is 0.275 e. The van der Waals surface area contributed by atoms with Crippen molar-refractivity contribution < 1.29 is 9.69 Å². The molecule has 1 atom stereocenters. The van der Waals surface area contributed by atoms with Gasteiger partial charge in [0.2, 0.25) is 0 Å². The molecule has 2 aromatic rings. The topological polar surface area (TPSA) is 36.8 Å². The predicted octanol–water partition coefficient (Wildman–Crippen LogP) is 2.17. The molecule has 0 bridgehead atoms. The first-order valence-corrected chi connectivity index (χ1v) is 9.46. The minimum absolute atomic E-state index is 0.0915. The van der Waals surface area contributed by atoms with Crippen molar-refractivity contribution in [2.75, 3.05) is 38.6 Å². The summed E-state index contributed by atoms with van der Waals surface area (Å²) in [6.07, 6.45) is 0.791. The van der Waals surface area contributed by atoms with Gasteiger partial charge < -0.3 is 15.1 Å². The van der Waals surface area contributed by atoms with Crippen molar-refractivity contribution in [1.82, 2.24) is 5.32 Å². The molecule has 0 spiro atoms. The van der Waals surface area contributed by atoms with Crippen LogP contribution in [0.1, 0.15) is 18.1 Å². The quantitative estimate of drug-likeness (QED) is 0.705. The maximum absolute atomic E-state index is 12.2. The first kappa shape index (κ1) is 20.3. The minimum Gasteiger partial charge on any atom is -0.378 e. The molecule has 140 valence electrons. The van der Waals surface area contributed by atoms with Gasteiger partial charge >= 0.3 is 0 Å². The lowest BCUT2D eigenvalue weighted by molar-refractivity contribution is -0.904. The number of hydrogen-bond donors (Lipinski definition) is 2. The van der Waals surface area contributed by atoms with E-state index in [0.717, 1.165) is 30.1 Å². The highest BCUT2D eigenvalue weighted by molar-refractivity contribution is 6.30. The molecule has 0 heterocycles. The third-order valence-corrected chi connectivity index (χ3v) is 4.68. The second-order valence-corrected chi connectivity index (χ2v) is 7.18. The van der Waals surface area contributed by atoms with Crippen LogP contribution < -0.4 is 15.1 Å². The molecular weight excluding hydrogens is 346 g/mol. The Morgan fingerprint density at radius 2 is 1.85 bits per heavy atom. The van der Waals surface area contributed by atoms with Crippen LogP contribution in [-0.2, 0) is 17.8 Å². The molecule has 2 aromatic carbocycles. The Labute approximate surface area is 161 Å². The van der Waals surface area contributed by atoms with Crippen molar-refractivity contribution in [1.29, 1.82) is 0 Å². The van der Waals surface area contributed by atoms with E-state index in [0.29, 0.717) is 13.1 Å². The third-order valence-electron chi connectivity index (χ3n) is 4.44. The summed E-state index contributed by atoms with van der Waals surface area (Å²) >= 11 is 5.98. The maximum atomic E-state index is 12.2. The minimum atomic E-state index is 0.0915. The van der Waals surface area contributed by atoms with Gasteiger partial charge in [0.25, 0.3) is 5.91 Å². The molecule has 4 nitrogen and oxygen atoms in total. The van der Waals surface area contributed by atoms with E-state index in [2.05, 4.69) is 41.4 Å². The number of carbonyl (C=O) groups excluding carboxylic acids is 1. The van der Waals surface area contributed by atoms with E-state index in [9.17, 15) is 4.79 Å². The van der Waals surface area contributed by atoms with Crippen LogP contribution in [0.25, 0.3) is 0 Å². The number of anilines is 1. The predicted molar refractivity (Wildman–Crippen MR) is 109 cm³/mol. The van der Waals surface area contributed by atoms with Crippen molar-refractivity contribution in [3.63, 3.8) is 0 Å². The van der Waals surface area contributed by atoms with Crippen LogP contribution in [0.15, 0.2) is 48.5 Å². The fourth-order valence-corrected chi connectivity index (χ4v) is 3.05. The number of hydrogen-bond acceptors (Lipinski definition) is 2. The lowest BCUT2D eigenvalue weighted by atomic mass is 10.1. The molecule has 0 aliphatic carbocycles. The summed E-state index contributed by atoms with van der Waals surface area (Å²) in [5, 5.41) is 3.75. The fourth-order valence-electron chi connectivity index (χ4n) is 2.84. The Bertz CT molecular complexity index is 701. The molecule has 0 aromatic heterocycles. The average Bonchev–Trinajstić information content (AvgIpc) is 2.61. The van der Waals surface area contributed by atoms with Gasteiger partial charge in [0.1, 0.15) is 6.54 Å². The van der Waals surface area contributed by atoms with E-state index in [1.165, 1.54) is 16.2 Å². The molecule has 5 heteroatoms. The van der Waals surface area contributed by atoms with Crippen molar-refractivity contribution in [2.24, 2.45) is 0 Å². The zero-order valence-corrected chi connectivity index (χ0v) is 16.6. The molecule has 0 radical (unpaired) electrons. The number of likely N-dealkylation sites (N-methyl/N-ethyl adjacent to an activating group) is 1. The Kier molecular flexibility index (Phi) is 7.95. The van der Waals surface area contributed by atoms with E-state index in [-0.39, 0.29) is 5.91 Å². The first-order chi connectivity index (χ1) is 12.5. The zero-order chi connectivity index (χ0) is 18.9. The largest absolute Gasteiger partial charge is 0.378 e. The molecule has 0 aliphatic heterocycles. The van der Waals surface area contributed by atoms with E-state index in [1.807, 2.05) is 38.4 Å². The molecule has 0 saturated carbocycles. The average molecular weight is 375 g/mol. The summed E-state index contributed by atoms with van der Waals surface area (Å²) in [6, 6.07) is 16.3. The Hall–Kier alpha value is -2.04. The fraction of sp³-hybridized carbons (Fsp3) is 0.381. The van der Waals surface area contributed by atoms with E-state index < -0.39 is 0 Å². The van der Waals surface area contributed by atoms with Gasteiger partial charge in [-0.25, -0.2) is 0 Å². The molecular formula is C21H29ClN3O+. The van der Waals surface area contributed by atoms with E-state index in [1.54, 1.807) is 0 Å². The molecule has 0 aliphatic rings. The van der Waals surface area contributed by atoms with Crippen LogP contribution >= 0.6 is 11.6 Å². The Morgan fingerprint density at radius 3 is 2.46 bits per heavy atom. The van der Waals surface area contributed by atoms with Gasteiger partial charge in [0, 0.05) is 36.9 Å². The summed E-state index contributed by atoms with van der Waals surface area (Å²) in [5.41, 5.74) is 3.57. The van der Waals surface area contributed by atoms with Gasteiger partial charge in [0.15, 0.2) is 6.54 Å². The highest BCUT2D eigenvalue weighted by atomic mass is 35.5. The highest BCUT2D eigenvalue weighted by Crippen LogP contribution is 2.12. The Balaban J connectivity index is 1.78. The molecule has 1 amide bonds. The number of benzene rings is 2. The smallest absolute Gasteiger partial charge is 0.275 e. The number of rotatable bonds is 9. The zero-order valence-electron chi connectivity index (χ0n) is 15.9. The number of quaternary nitrogens is 1. The summed E-state index contributed by atoms with van der Waals surface area (Å²) in [7, 11) is 4.07. The van der Waals surface area contributed by atoms with E-state index >= 15 is 0 Å². The first-order valence-electron chi connectivity index (χ1n) is 9.09. The summed E-state index contributed by atoms with van der Waals surface area (Å²) < 4.78 is 0. The van der Waals surface area contributed by atoms with Crippen LogP contribution in [0.4, 0.5) is 5.69 Å². The summed E-state index contributed by atoms with van der Waals surface area (Å²) in [6.45, 7) is 5.00. The van der Waals surface area contributed by atoms with Gasteiger partial charge in [-0.15, -0.1) is 0 Å². The Morgan fingerprint density at radius 1 is 1.12 bits per heavy atom. The summed E-state index contributed by atoms with van der Waals surface area (Å²) in [4.78, 5) is 15.6. The van der Waals surface area contributed by atoms with Gasteiger partial charge in [-0.3, -0.25) is 4.79 Å². The molecule has 2 rings (SSSR count). The van der Waals surface area contributed by atoms with Gasteiger partial charge in [-0.2, -0.15) is 0 Å². The normalized spacial score (nSPS) is 11.8. The van der Waals surface area contributed by atoms with Gasteiger partial charge in [-0.1, -0.05) is 35.9 Å². The number of nitrogens with zero attached hydrogens (tertiary/aromatic N) is 1. The number of amides is 1. The standard InChI is InChI=1S/C21H28ClN3O/c1-4-25(15-18-8-10-20(11-9-18)24(2)3)16-21(26)23-13-12-17-6-5-7-19(22)14-17/h5-11,14H,4,12-13,15-16H2,1-3H3,(H,23,26)/p+1. The second-order valence-electron chi connectivity index (χ2n) is 6.75. The number of carbonyl (C=O) groups is 1. The van der Waals surface area contributed by atoms with Crippen molar-refractivity contribution >= 4 is 23.2 Å². The van der Waals surface area contributed by atoms with Crippen LogP contribution in [0, 0.1) is 0 Å². The lowest BCUT2D eigenvalue weighted by Crippen LogP contribution is -3.11. The van der Waals surface area contributed by atoms with Crippen molar-refractivity contribution in [3.8, 4) is 0 Å². The van der Waals surface area contributed by atoms with Crippen molar-refractivity contribution in [3.05, 3.63) is 64.7 Å². The van der Waals surface area contributed by atoms with Gasteiger partial charge in [-0.05, 0) is 43.2 Å². The highest BCUT2D eigenvalue weighted by Gasteiger charge is 2.13. The molecule has 26 heavy (non-hydrogen) atoms. The van der Waals surface area contributed by atoms with Crippen LogP contribution in [0.3, 0.4) is 0 Å². The number of halogens is 1. The van der Waals surface area contributed by atoms with Crippen LogP contribution in [-0.4, -0.2) is 39.6 Å². The van der Waals surface area contributed by atoms with E-state index in [4.69, 9.17) is 11.6 Å². The number of nitrogens with one attached hydrogen (secondary N) is 2. The monoisotopic (exact) mass is 374 g/mol. The van der Waals surface area contributed by atoms with Crippen LogP contribution in [0.5, 0.6) is 0 Å². The molecule has 0 saturated heterocycles.